The number of ether oxygens (including phenoxy) is 1. The number of hydrogen-bond acceptors (Lipinski definition) is 6. The number of esters is 1. The van der Waals surface area contributed by atoms with Gasteiger partial charge in [-0.25, -0.2) is 0 Å². The normalized spacial score (nSPS) is 17.3. The molecule has 0 spiro atoms. The molecule has 1 aliphatic heterocycles. The summed E-state index contributed by atoms with van der Waals surface area (Å²) < 4.78 is 10.1. The van der Waals surface area contributed by atoms with Gasteiger partial charge in [0.1, 0.15) is 0 Å². The van der Waals surface area contributed by atoms with Crippen molar-refractivity contribution in [3.63, 3.8) is 0 Å². The second kappa shape index (κ2) is 6.82. The average molecular weight is 329 g/mol. The van der Waals surface area contributed by atoms with Crippen LogP contribution in [0.4, 0.5) is 5.69 Å². The van der Waals surface area contributed by atoms with E-state index in [1.165, 1.54) is 0 Å². The van der Waals surface area contributed by atoms with Crippen molar-refractivity contribution >= 4 is 17.6 Å². The molecule has 1 atom stereocenters. The molecular weight excluding hydrogens is 310 g/mol. The molecule has 3 rings (SSSR count). The summed E-state index contributed by atoms with van der Waals surface area (Å²) in [6.45, 7) is 3.98. The van der Waals surface area contributed by atoms with Crippen molar-refractivity contribution in [3.05, 3.63) is 41.5 Å². The number of rotatable bonds is 5. The molecule has 7 heteroatoms. The second-order valence-corrected chi connectivity index (χ2v) is 5.73. The first-order valence-electron chi connectivity index (χ1n) is 7.92. The van der Waals surface area contributed by atoms with Crippen LogP contribution in [-0.4, -0.2) is 28.6 Å². The van der Waals surface area contributed by atoms with Crippen LogP contribution in [0.2, 0.25) is 0 Å². The van der Waals surface area contributed by atoms with Crippen LogP contribution in [0.5, 0.6) is 0 Å². The van der Waals surface area contributed by atoms with E-state index < -0.39 is 11.9 Å². The molecule has 1 aliphatic rings. The highest BCUT2D eigenvalue weighted by molar-refractivity contribution is 6.00. The Labute approximate surface area is 139 Å². The summed E-state index contributed by atoms with van der Waals surface area (Å²) in [4.78, 5) is 30.2. The fraction of sp³-hybridized carbons (Fsp3) is 0.412. The fourth-order valence-electron chi connectivity index (χ4n) is 2.82. The van der Waals surface area contributed by atoms with Gasteiger partial charge in [-0.2, -0.15) is 4.98 Å². The zero-order valence-electron chi connectivity index (χ0n) is 13.7. The third-order valence-corrected chi connectivity index (χ3v) is 4.03. The SMILES string of the molecule is CCc1ccccc1N1CC(C(=O)OCc2nc(C)no2)CC1=O. The zero-order chi connectivity index (χ0) is 17.1. The van der Waals surface area contributed by atoms with Crippen molar-refractivity contribution in [3.8, 4) is 0 Å². The quantitative estimate of drug-likeness (QED) is 0.780. The van der Waals surface area contributed by atoms with Crippen molar-refractivity contribution < 1.29 is 18.8 Å². The van der Waals surface area contributed by atoms with E-state index in [0.29, 0.717) is 12.4 Å². The molecule has 1 fully saturated rings. The number of benzene rings is 1. The van der Waals surface area contributed by atoms with Gasteiger partial charge in [0.05, 0.1) is 5.92 Å². The van der Waals surface area contributed by atoms with Crippen molar-refractivity contribution in [2.75, 3.05) is 11.4 Å². The van der Waals surface area contributed by atoms with Crippen molar-refractivity contribution in [1.29, 1.82) is 0 Å². The molecule has 1 aromatic carbocycles. The number of aromatic nitrogens is 2. The van der Waals surface area contributed by atoms with E-state index in [2.05, 4.69) is 10.1 Å². The highest BCUT2D eigenvalue weighted by Gasteiger charge is 2.36. The Kier molecular flexibility index (Phi) is 4.59. The van der Waals surface area contributed by atoms with Crippen LogP contribution >= 0.6 is 0 Å². The second-order valence-electron chi connectivity index (χ2n) is 5.73. The molecule has 1 unspecified atom stereocenters. The van der Waals surface area contributed by atoms with Crippen LogP contribution in [0.25, 0.3) is 0 Å². The highest BCUT2D eigenvalue weighted by atomic mass is 16.6. The van der Waals surface area contributed by atoms with Gasteiger partial charge in [-0.1, -0.05) is 30.3 Å². The number of carbonyl (C=O) groups excluding carboxylic acids is 2. The maximum Gasteiger partial charge on any atom is 0.311 e. The Morgan fingerprint density at radius 1 is 1.42 bits per heavy atom. The van der Waals surface area contributed by atoms with Gasteiger partial charge in [-0.05, 0) is 25.0 Å². The summed E-state index contributed by atoms with van der Waals surface area (Å²) in [5, 5.41) is 3.64. The lowest BCUT2D eigenvalue weighted by atomic mass is 10.1. The molecule has 0 aliphatic carbocycles. The summed E-state index contributed by atoms with van der Waals surface area (Å²) in [5.41, 5.74) is 1.95. The lowest BCUT2D eigenvalue weighted by Crippen LogP contribution is -2.27. The van der Waals surface area contributed by atoms with Crippen molar-refractivity contribution in [2.45, 2.75) is 33.3 Å². The molecule has 1 aromatic heterocycles. The maximum atomic E-state index is 12.3. The van der Waals surface area contributed by atoms with Gasteiger partial charge < -0.3 is 14.2 Å². The van der Waals surface area contributed by atoms with E-state index in [9.17, 15) is 9.59 Å². The average Bonchev–Trinajstić information content (AvgIpc) is 3.18. The monoisotopic (exact) mass is 329 g/mol. The number of carbonyl (C=O) groups is 2. The highest BCUT2D eigenvalue weighted by Crippen LogP contribution is 2.29. The summed E-state index contributed by atoms with van der Waals surface area (Å²) in [6.07, 6.45) is 0.978. The van der Waals surface area contributed by atoms with Crippen LogP contribution in [0, 0.1) is 12.8 Å². The van der Waals surface area contributed by atoms with Gasteiger partial charge in [0.25, 0.3) is 5.89 Å². The number of amides is 1. The van der Waals surface area contributed by atoms with E-state index in [1.807, 2.05) is 31.2 Å². The topological polar surface area (TPSA) is 85.5 Å². The van der Waals surface area contributed by atoms with Gasteiger partial charge >= 0.3 is 5.97 Å². The van der Waals surface area contributed by atoms with Gasteiger partial charge in [0.15, 0.2) is 12.4 Å². The van der Waals surface area contributed by atoms with Crippen LogP contribution in [-0.2, 0) is 27.4 Å². The first kappa shape index (κ1) is 16.2. The Hall–Kier alpha value is -2.70. The van der Waals surface area contributed by atoms with Gasteiger partial charge in [0, 0.05) is 18.7 Å². The summed E-state index contributed by atoms with van der Waals surface area (Å²) >= 11 is 0. The molecule has 24 heavy (non-hydrogen) atoms. The van der Waals surface area contributed by atoms with Crippen LogP contribution in [0.1, 0.15) is 30.6 Å². The Morgan fingerprint density at radius 2 is 2.21 bits per heavy atom. The minimum atomic E-state index is -0.480. The number of para-hydroxylation sites is 1. The minimum Gasteiger partial charge on any atom is -0.455 e. The van der Waals surface area contributed by atoms with E-state index in [4.69, 9.17) is 9.26 Å². The van der Waals surface area contributed by atoms with Crippen LogP contribution in [0.3, 0.4) is 0 Å². The van der Waals surface area contributed by atoms with Crippen LogP contribution in [0.15, 0.2) is 28.8 Å². The Morgan fingerprint density at radius 3 is 2.92 bits per heavy atom. The first-order valence-corrected chi connectivity index (χ1v) is 7.92. The number of aryl methyl sites for hydroxylation is 2. The Balaban J connectivity index is 1.64. The number of hydrogen-bond donors (Lipinski definition) is 0. The molecule has 0 saturated carbocycles. The minimum absolute atomic E-state index is 0.0634. The predicted molar refractivity (Wildman–Crippen MR) is 85.1 cm³/mol. The van der Waals surface area contributed by atoms with E-state index in [-0.39, 0.29) is 24.8 Å². The Bertz CT molecular complexity index is 756. The standard InChI is InChI=1S/C17H19N3O4/c1-3-12-6-4-5-7-14(12)20-9-13(8-16(20)21)17(22)23-10-15-18-11(2)19-24-15/h4-7,13H,3,8-10H2,1-2H3. The number of anilines is 1. The zero-order valence-corrected chi connectivity index (χ0v) is 13.7. The summed E-state index contributed by atoms with van der Waals surface area (Å²) in [6, 6.07) is 7.74. The van der Waals surface area contributed by atoms with E-state index in [0.717, 1.165) is 17.7 Å². The molecule has 7 nitrogen and oxygen atoms in total. The summed E-state index contributed by atoms with van der Waals surface area (Å²) in [5.74, 6) is -0.230. The molecule has 0 N–H and O–H groups in total. The fourth-order valence-corrected chi connectivity index (χ4v) is 2.82. The van der Waals surface area contributed by atoms with Crippen LogP contribution < -0.4 is 4.90 Å². The molecule has 2 heterocycles. The van der Waals surface area contributed by atoms with Gasteiger partial charge in [-0.3, -0.25) is 9.59 Å². The van der Waals surface area contributed by atoms with E-state index in [1.54, 1.807) is 11.8 Å². The predicted octanol–water partition coefficient (Wildman–Crippen LogP) is 2.04. The third kappa shape index (κ3) is 3.29. The molecule has 0 bridgehead atoms. The third-order valence-electron chi connectivity index (χ3n) is 4.03. The molecule has 1 saturated heterocycles. The van der Waals surface area contributed by atoms with Gasteiger partial charge in [-0.15, -0.1) is 0 Å². The lowest BCUT2D eigenvalue weighted by molar-refractivity contribution is -0.150. The lowest BCUT2D eigenvalue weighted by Gasteiger charge is -2.19. The molecule has 0 radical (unpaired) electrons. The van der Waals surface area contributed by atoms with Gasteiger partial charge in [0.2, 0.25) is 5.91 Å². The molecular formula is C17H19N3O4. The first-order chi connectivity index (χ1) is 11.6. The summed E-state index contributed by atoms with van der Waals surface area (Å²) in [7, 11) is 0. The molecule has 2 aromatic rings. The largest absolute Gasteiger partial charge is 0.455 e. The smallest absolute Gasteiger partial charge is 0.311 e. The molecule has 126 valence electrons. The molecule has 1 amide bonds. The maximum absolute atomic E-state index is 12.3. The van der Waals surface area contributed by atoms with E-state index >= 15 is 0 Å². The van der Waals surface area contributed by atoms with Crippen molar-refractivity contribution in [2.24, 2.45) is 5.92 Å². The van der Waals surface area contributed by atoms with Crippen molar-refractivity contribution in [1.82, 2.24) is 10.1 Å². The number of nitrogens with zero attached hydrogens (tertiary/aromatic N) is 3.